The molecule has 0 saturated carbocycles. The highest BCUT2D eigenvalue weighted by Crippen LogP contribution is 2.32. The fraction of sp³-hybridized carbons (Fsp3) is 0.105. The van der Waals surface area contributed by atoms with Gasteiger partial charge in [-0.05, 0) is 30.3 Å². The van der Waals surface area contributed by atoms with Gasteiger partial charge >= 0.3 is 6.61 Å². The van der Waals surface area contributed by atoms with Crippen molar-refractivity contribution in [3.63, 3.8) is 0 Å². The van der Waals surface area contributed by atoms with E-state index in [2.05, 4.69) is 19.9 Å². The smallest absolute Gasteiger partial charge is 0.387 e. The van der Waals surface area contributed by atoms with E-state index < -0.39 is 6.61 Å². The fourth-order valence-corrected chi connectivity index (χ4v) is 4.62. The Bertz CT molecular complexity index is 1150. The van der Waals surface area contributed by atoms with E-state index in [0.29, 0.717) is 27.3 Å². The Balaban J connectivity index is 1.44. The number of rotatable bonds is 7. The normalized spacial score (nSPS) is 11.2. The Morgan fingerprint density at radius 2 is 1.90 bits per heavy atom. The van der Waals surface area contributed by atoms with Gasteiger partial charge in [-0.15, -0.1) is 21.5 Å². The first kappa shape index (κ1) is 20.6. The molecule has 0 unspecified atom stereocenters. The molecule has 2 heterocycles. The number of benzene rings is 2. The molecule has 0 radical (unpaired) electrons. The van der Waals surface area contributed by atoms with Crippen molar-refractivity contribution in [3.05, 3.63) is 64.6 Å². The highest BCUT2D eigenvalue weighted by molar-refractivity contribution is 7.98. The van der Waals surface area contributed by atoms with Crippen LogP contribution in [-0.2, 0) is 5.75 Å². The number of thiazole rings is 1. The van der Waals surface area contributed by atoms with Gasteiger partial charge in [0.1, 0.15) is 10.8 Å². The summed E-state index contributed by atoms with van der Waals surface area (Å²) in [6.07, 6.45) is 0. The van der Waals surface area contributed by atoms with Gasteiger partial charge in [0.2, 0.25) is 5.16 Å². The summed E-state index contributed by atoms with van der Waals surface area (Å²) in [6, 6.07) is 13.6. The monoisotopic (exact) mass is 465 g/mol. The molecule has 0 fully saturated rings. The van der Waals surface area contributed by atoms with E-state index in [9.17, 15) is 8.78 Å². The predicted molar refractivity (Wildman–Crippen MR) is 114 cm³/mol. The molecule has 11 heteroatoms. The Kier molecular flexibility index (Phi) is 6.16. The minimum Gasteiger partial charge on any atom is -0.435 e. The summed E-state index contributed by atoms with van der Waals surface area (Å²) in [4.78, 5) is 4.62. The molecule has 0 aliphatic rings. The molecule has 2 N–H and O–H groups in total. The summed E-state index contributed by atoms with van der Waals surface area (Å²) in [5.74, 6) is 7.14. The van der Waals surface area contributed by atoms with Crippen LogP contribution >= 0.6 is 34.7 Å². The number of hydrogen-bond donors (Lipinski definition) is 1. The number of aromatic nitrogens is 4. The summed E-state index contributed by atoms with van der Waals surface area (Å²) in [7, 11) is 0. The SMILES string of the molecule is Nn1c(SCc2csc(-c3ccccc3Cl)n2)nnc1-c1ccc(OC(F)F)cc1. The molecule has 30 heavy (non-hydrogen) atoms. The van der Waals surface area contributed by atoms with Crippen molar-refractivity contribution in [2.24, 2.45) is 0 Å². The van der Waals surface area contributed by atoms with Crippen LogP contribution in [0.3, 0.4) is 0 Å². The molecule has 0 atom stereocenters. The van der Waals surface area contributed by atoms with Crippen LogP contribution in [0.15, 0.2) is 59.1 Å². The van der Waals surface area contributed by atoms with E-state index in [0.717, 1.165) is 16.3 Å². The molecule has 0 aliphatic carbocycles. The Morgan fingerprint density at radius 3 is 2.63 bits per heavy atom. The van der Waals surface area contributed by atoms with Gasteiger partial charge in [0, 0.05) is 22.3 Å². The zero-order chi connectivity index (χ0) is 21.1. The number of nitrogens with zero attached hydrogens (tertiary/aromatic N) is 4. The third kappa shape index (κ3) is 4.55. The molecule has 4 rings (SSSR count). The van der Waals surface area contributed by atoms with Gasteiger partial charge in [-0.3, -0.25) is 0 Å². The summed E-state index contributed by atoms with van der Waals surface area (Å²) in [5, 5.41) is 12.2. The quantitative estimate of drug-likeness (QED) is 0.293. The number of nitrogen functional groups attached to an aromatic ring is 1. The van der Waals surface area contributed by atoms with Gasteiger partial charge in [0.25, 0.3) is 0 Å². The summed E-state index contributed by atoms with van der Waals surface area (Å²) in [6.45, 7) is -2.87. The molecule has 2 aromatic carbocycles. The Hall–Kier alpha value is -2.69. The van der Waals surface area contributed by atoms with Crippen molar-refractivity contribution in [3.8, 4) is 27.7 Å². The van der Waals surface area contributed by atoms with Crippen LogP contribution in [0, 0.1) is 0 Å². The van der Waals surface area contributed by atoms with Crippen LogP contribution in [0.4, 0.5) is 8.78 Å². The highest BCUT2D eigenvalue weighted by Gasteiger charge is 2.14. The Labute approximate surface area is 183 Å². The molecule has 154 valence electrons. The second-order valence-corrected chi connectivity index (χ2v) is 8.20. The summed E-state index contributed by atoms with van der Waals surface area (Å²) < 4.78 is 30.2. The number of halogens is 3. The number of alkyl halides is 2. The van der Waals surface area contributed by atoms with E-state index in [1.54, 1.807) is 12.1 Å². The van der Waals surface area contributed by atoms with Gasteiger partial charge in [-0.25, -0.2) is 9.66 Å². The van der Waals surface area contributed by atoms with Crippen LogP contribution in [0.2, 0.25) is 5.02 Å². The van der Waals surface area contributed by atoms with Crippen LogP contribution in [-0.4, -0.2) is 26.5 Å². The number of hydrogen-bond acceptors (Lipinski definition) is 7. The van der Waals surface area contributed by atoms with Gasteiger partial charge in [0.05, 0.1) is 10.7 Å². The van der Waals surface area contributed by atoms with Crippen molar-refractivity contribution >= 4 is 34.7 Å². The van der Waals surface area contributed by atoms with E-state index in [4.69, 9.17) is 17.4 Å². The fourth-order valence-electron chi connectivity index (χ4n) is 2.63. The van der Waals surface area contributed by atoms with E-state index in [1.165, 1.54) is 39.9 Å². The zero-order valence-corrected chi connectivity index (χ0v) is 17.6. The lowest BCUT2D eigenvalue weighted by molar-refractivity contribution is -0.0498. The first-order chi connectivity index (χ1) is 14.5. The first-order valence-electron chi connectivity index (χ1n) is 8.59. The summed E-state index contributed by atoms with van der Waals surface area (Å²) in [5.41, 5.74) is 2.40. The van der Waals surface area contributed by atoms with Crippen LogP contribution in [0.5, 0.6) is 5.75 Å². The molecule has 0 amide bonds. The highest BCUT2D eigenvalue weighted by atomic mass is 35.5. The maximum absolute atomic E-state index is 12.3. The predicted octanol–water partition coefficient (Wildman–Crippen LogP) is 5.33. The maximum Gasteiger partial charge on any atom is 0.387 e. The largest absolute Gasteiger partial charge is 0.435 e. The molecule has 0 bridgehead atoms. The van der Waals surface area contributed by atoms with E-state index in [1.807, 2.05) is 29.6 Å². The second-order valence-electron chi connectivity index (χ2n) is 5.99. The van der Waals surface area contributed by atoms with Crippen molar-refractivity contribution in [2.45, 2.75) is 17.5 Å². The molecule has 0 aliphatic heterocycles. The van der Waals surface area contributed by atoms with E-state index >= 15 is 0 Å². The molecule has 4 aromatic rings. The molecule has 6 nitrogen and oxygen atoms in total. The lowest BCUT2D eigenvalue weighted by Crippen LogP contribution is -2.11. The minimum atomic E-state index is -2.87. The van der Waals surface area contributed by atoms with Gasteiger partial charge < -0.3 is 10.6 Å². The molecular formula is C19H14ClF2N5OS2. The number of nitrogens with two attached hydrogens (primary N) is 1. The van der Waals surface area contributed by atoms with Crippen molar-refractivity contribution in [1.82, 2.24) is 19.9 Å². The molecule has 0 saturated heterocycles. The lowest BCUT2D eigenvalue weighted by Gasteiger charge is -2.06. The van der Waals surface area contributed by atoms with Gasteiger partial charge in [-0.2, -0.15) is 8.78 Å². The van der Waals surface area contributed by atoms with Gasteiger partial charge in [0.15, 0.2) is 5.82 Å². The van der Waals surface area contributed by atoms with Crippen LogP contribution < -0.4 is 10.6 Å². The molecular weight excluding hydrogens is 452 g/mol. The van der Waals surface area contributed by atoms with Crippen LogP contribution in [0.25, 0.3) is 22.0 Å². The average Bonchev–Trinajstić information content (AvgIpc) is 3.34. The minimum absolute atomic E-state index is 0.0595. The van der Waals surface area contributed by atoms with Gasteiger partial charge in [-0.1, -0.05) is 41.6 Å². The lowest BCUT2D eigenvalue weighted by atomic mass is 10.2. The van der Waals surface area contributed by atoms with Crippen molar-refractivity contribution < 1.29 is 13.5 Å². The van der Waals surface area contributed by atoms with Crippen molar-refractivity contribution in [2.75, 3.05) is 5.84 Å². The standard InChI is InChI=1S/C19H14ClF2N5OS2/c20-15-4-2-1-3-14(15)17-24-12(9-29-17)10-30-19-26-25-16(27(19)23)11-5-7-13(8-6-11)28-18(21)22/h1-9,18H,10,23H2. The summed E-state index contributed by atoms with van der Waals surface area (Å²) >= 11 is 9.14. The average molecular weight is 466 g/mol. The van der Waals surface area contributed by atoms with Crippen molar-refractivity contribution in [1.29, 1.82) is 0 Å². The maximum atomic E-state index is 12.3. The number of thioether (sulfide) groups is 1. The third-order valence-electron chi connectivity index (χ3n) is 4.01. The molecule has 0 spiro atoms. The second kappa shape index (κ2) is 8.99. The van der Waals surface area contributed by atoms with E-state index in [-0.39, 0.29) is 5.75 Å². The zero-order valence-electron chi connectivity index (χ0n) is 15.2. The number of ether oxygens (including phenoxy) is 1. The van der Waals surface area contributed by atoms with Crippen LogP contribution in [0.1, 0.15) is 5.69 Å². The third-order valence-corrected chi connectivity index (χ3v) is 6.24. The topological polar surface area (TPSA) is 78.9 Å². The first-order valence-corrected chi connectivity index (χ1v) is 10.8. The Morgan fingerprint density at radius 1 is 1.13 bits per heavy atom. The molecule has 2 aromatic heterocycles.